The minimum Gasteiger partial charge on any atom is -0.507 e. The number of aliphatic hydroxyl groups is 1. The number of aryl methyl sites for hydroxylation is 1. The molecule has 0 radical (unpaired) electrons. The molecule has 1 N–H and O–H groups in total. The highest BCUT2D eigenvalue weighted by Crippen LogP contribution is 2.40. The number of aromatic nitrogens is 3. The standard InChI is InChI=1S/C23H21ClN4O4/c1-32-18-6-5-15(12-17(18)24)21(29)19-20(16-4-2-7-25-13-16)28(23(31)22(19)30)10-3-9-27-11-8-26-14-27/h2,4-8,11-14,20,29H,3,9-10H2,1H3/t20-/m1/s1. The Hall–Kier alpha value is -3.65. The maximum Gasteiger partial charge on any atom is 0.295 e. The van der Waals surface area contributed by atoms with Crippen LogP contribution in [0.2, 0.25) is 5.02 Å². The average molecular weight is 453 g/mol. The van der Waals surface area contributed by atoms with Gasteiger partial charge in [-0.05, 0) is 36.2 Å². The van der Waals surface area contributed by atoms with Gasteiger partial charge in [0.05, 0.1) is 30.1 Å². The SMILES string of the molecule is COc1ccc(C(O)=C2C(=O)C(=O)N(CCCn3ccnc3)[C@@H]2c2cccnc2)cc1Cl. The van der Waals surface area contributed by atoms with Crippen LogP contribution in [-0.2, 0) is 16.1 Å². The van der Waals surface area contributed by atoms with Crippen molar-refractivity contribution in [3.8, 4) is 5.75 Å². The number of likely N-dealkylation sites (tertiary alicyclic amines) is 1. The van der Waals surface area contributed by atoms with Gasteiger partial charge in [-0.3, -0.25) is 14.6 Å². The van der Waals surface area contributed by atoms with E-state index in [-0.39, 0.29) is 16.4 Å². The molecule has 164 valence electrons. The Bertz CT molecular complexity index is 1160. The number of pyridine rings is 1. The van der Waals surface area contributed by atoms with Crippen LogP contribution >= 0.6 is 11.6 Å². The number of carbonyl (C=O) groups excluding carboxylic acids is 2. The van der Waals surface area contributed by atoms with Crippen molar-refractivity contribution in [3.63, 3.8) is 0 Å². The number of halogens is 1. The first-order chi connectivity index (χ1) is 15.5. The molecule has 0 unspecified atom stereocenters. The Kier molecular flexibility index (Phi) is 6.23. The topological polar surface area (TPSA) is 97.6 Å². The molecule has 0 saturated carbocycles. The number of amides is 1. The monoisotopic (exact) mass is 452 g/mol. The smallest absolute Gasteiger partial charge is 0.295 e. The van der Waals surface area contributed by atoms with E-state index in [4.69, 9.17) is 16.3 Å². The van der Waals surface area contributed by atoms with Gasteiger partial charge in [0.15, 0.2) is 0 Å². The number of imidazole rings is 1. The Morgan fingerprint density at radius 2 is 2.03 bits per heavy atom. The van der Waals surface area contributed by atoms with Gasteiger partial charge in [-0.15, -0.1) is 0 Å². The van der Waals surface area contributed by atoms with E-state index in [0.29, 0.717) is 36.4 Å². The summed E-state index contributed by atoms with van der Waals surface area (Å²) >= 11 is 6.21. The molecule has 9 heteroatoms. The number of benzene rings is 1. The van der Waals surface area contributed by atoms with Crippen LogP contribution in [0, 0.1) is 0 Å². The van der Waals surface area contributed by atoms with Gasteiger partial charge >= 0.3 is 0 Å². The normalized spacial score (nSPS) is 17.7. The first-order valence-electron chi connectivity index (χ1n) is 9.99. The van der Waals surface area contributed by atoms with E-state index in [1.807, 2.05) is 10.8 Å². The van der Waals surface area contributed by atoms with Gasteiger partial charge in [0.25, 0.3) is 11.7 Å². The van der Waals surface area contributed by atoms with E-state index >= 15 is 0 Å². The molecule has 32 heavy (non-hydrogen) atoms. The van der Waals surface area contributed by atoms with Crippen molar-refractivity contribution in [2.45, 2.75) is 19.0 Å². The summed E-state index contributed by atoms with van der Waals surface area (Å²) in [6.07, 6.45) is 9.02. The summed E-state index contributed by atoms with van der Waals surface area (Å²) in [5, 5.41) is 11.4. The molecule has 3 heterocycles. The van der Waals surface area contributed by atoms with Crippen molar-refractivity contribution in [2.24, 2.45) is 0 Å². The van der Waals surface area contributed by atoms with Crippen molar-refractivity contribution >= 4 is 29.1 Å². The first-order valence-corrected chi connectivity index (χ1v) is 10.4. The zero-order valence-electron chi connectivity index (χ0n) is 17.3. The van der Waals surface area contributed by atoms with E-state index in [9.17, 15) is 14.7 Å². The summed E-state index contributed by atoms with van der Waals surface area (Å²) in [5.41, 5.74) is 0.962. The van der Waals surface area contributed by atoms with E-state index in [0.717, 1.165) is 0 Å². The molecule has 0 aliphatic carbocycles. The zero-order valence-corrected chi connectivity index (χ0v) is 18.1. The van der Waals surface area contributed by atoms with Crippen LogP contribution in [0.3, 0.4) is 0 Å². The van der Waals surface area contributed by atoms with Crippen LogP contribution in [0.25, 0.3) is 5.76 Å². The molecule has 2 aromatic heterocycles. The molecule has 1 fully saturated rings. The number of methoxy groups -OCH3 is 1. The van der Waals surface area contributed by atoms with Crippen LogP contribution < -0.4 is 4.74 Å². The largest absolute Gasteiger partial charge is 0.507 e. The Morgan fingerprint density at radius 3 is 2.69 bits per heavy atom. The summed E-state index contributed by atoms with van der Waals surface area (Å²) in [4.78, 5) is 35.6. The molecular weight excluding hydrogens is 432 g/mol. The van der Waals surface area contributed by atoms with Crippen LogP contribution in [0.1, 0.15) is 23.6 Å². The third kappa shape index (κ3) is 4.09. The number of nitrogens with zero attached hydrogens (tertiary/aromatic N) is 4. The minimum absolute atomic E-state index is 0.00636. The van der Waals surface area contributed by atoms with E-state index in [2.05, 4.69) is 9.97 Å². The van der Waals surface area contributed by atoms with Crippen LogP contribution in [-0.4, -0.2) is 49.9 Å². The Morgan fingerprint density at radius 1 is 1.19 bits per heavy atom. The summed E-state index contributed by atoms with van der Waals surface area (Å²) in [5.74, 6) is -1.26. The third-order valence-electron chi connectivity index (χ3n) is 5.34. The number of aliphatic hydroxyl groups excluding tert-OH is 1. The van der Waals surface area contributed by atoms with Crippen LogP contribution in [0.15, 0.2) is 67.0 Å². The van der Waals surface area contributed by atoms with Crippen molar-refractivity contribution in [1.29, 1.82) is 0 Å². The number of rotatable bonds is 7. The second-order valence-corrected chi connectivity index (χ2v) is 7.69. The minimum atomic E-state index is -0.757. The van der Waals surface area contributed by atoms with Gasteiger partial charge < -0.3 is 19.3 Å². The van der Waals surface area contributed by atoms with Gasteiger partial charge in [-0.25, -0.2) is 4.98 Å². The van der Waals surface area contributed by atoms with Gasteiger partial charge in [-0.2, -0.15) is 0 Å². The summed E-state index contributed by atoms with van der Waals surface area (Å²) in [6.45, 7) is 0.958. The fourth-order valence-electron chi connectivity index (χ4n) is 3.81. The highest BCUT2D eigenvalue weighted by atomic mass is 35.5. The van der Waals surface area contributed by atoms with Crippen LogP contribution in [0.5, 0.6) is 5.75 Å². The van der Waals surface area contributed by atoms with Crippen LogP contribution in [0.4, 0.5) is 0 Å². The number of ketones is 1. The number of hydrogen-bond donors (Lipinski definition) is 1. The summed E-state index contributed by atoms with van der Waals surface area (Å²) in [7, 11) is 1.48. The molecule has 1 saturated heterocycles. The highest BCUT2D eigenvalue weighted by molar-refractivity contribution is 6.46. The quantitative estimate of drug-likeness (QED) is 0.335. The van der Waals surface area contributed by atoms with Gasteiger partial charge in [0.2, 0.25) is 0 Å². The van der Waals surface area contributed by atoms with Crippen molar-refractivity contribution in [3.05, 3.63) is 83.2 Å². The Labute approximate surface area is 189 Å². The van der Waals surface area contributed by atoms with E-state index in [1.165, 1.54) is 18.1 Å². The summed E-state index contributed by atoms with van der Waals surface area (Å²) in [6, 6.07) is 7.44. The number of hydrogen-bond acceptors (Lipinski definition) is 6. The number of ether oxygens (including phenoxy) is 1. The van der Waals surface area contributed by atoms with Gasteiger partial charge in [0, 0.05) is 43.4 Å². The lowest BCUT2D eigenvalue weighted by molar-refractivity contribution is -0.139. The van der Waals surface area contributed by atoms with E-state index in [1.54, 1.807) is 49.2 Å². The molecule has 1 aliphatic rings. The molecule has 4 rings (SSSR count). The lowest BCUT2D eigenvalue weighted by Crippen LogP contribution is -2.31. The van der Waals surface area contributed by atoms with Crippen molar-refractivity contribution in [2.75, 3.05) is 13.7 Å². The second-order valence-electron chi connectivity index (χ2n) is 7.28. The maximum atomic E-state index is 13.0. The summed E-state index contributed by atoms with van der Waals surface area (Å²) < 4.78 is 7.05. The van der Waals surface area contributed by atoms with Gasteiger partial charge in [-0.1, -0.05) is 17.7 Å². The predicted molar refractivity (Wildman–Crippen MR) is 118 cm³/mol. The number of Topliss-reactive ketones (excluding diaryl/α,β-unsaturated/α-hetero) is 1. The predicted octanol–water partition coefficient (Wildman–Crippen LogP) is 3.45. The van der Waals surface area contributed by atoms with Gasteiger partial charge in [0.1, 0.15) is 11.5 Å². The average Bonchev–Trinajstić information content (AvgIpc) is 3.41. The molecule has 1 aliphatic heterocycles. The molecule has 8 nitrogen and oxygen atoms in total. The molecule has 3 aromatic rings. The molecular formula is C23H21ClN4O4. The highest BCUT2D eigenvalue weighted by Gasteiger charge is 2.45. The first kappa shape index (κ1) is 21.6. The molecule has 0 bridgehead atoms. The number of carbonyl (C=O) groups is 2. The van der Waals surface area contributed by atoms with Crippen molar-refractivity contribution < 1.29 is 19.4 Å². The van der Waals surface area contributed by atoms with Crippen molar-refractivity contribution in [1.82, 2.24) is 19.4 Å². The molecule has 1 aromatic carbocycles. The molecule has 1 atom stereocenters. The second kappa shape index (κ2) is 9.23. The third-order valence-corrected chi connectivity index (χ3v) is 5.64. The Balaban J connectivity index is 1.72. The lowest BCUT2D eigenvalue weighted by atomic mass is 9.96. The zero-order chi connectivity index (χ0) is 22.7. The van der Waals surface area contributed by atoms with E-state index < -0.39 is 17.7 Å². The maximum absolute atomic E-state index is 13.0. The fourth-order valence-corrected chi connectivity index (χ4v) is 4.06. The molecule has 0 spiro atoms. The molecule has 1 amide bonds. The lowest BCUT2D eigenvalue weighted by Gasteiger charge is -2.25. The fraction of sp³-hybridized carbons (Fsp3) is 0.217.